The van der Waals surface area contributed by atoms with Gasteiger partial charge in [0.2, 0.25) is 0 Å². The fourth-order valence-corrected chi connectivity index (χ4v) is 3.50. The van der Waals surface area contributed by atoms with Crippen LogP contribution < -0.4 is 5.32 Å². The van der Waals surface area contributed by atoms with Gasteiger partial charge in [0.15, 0.2) is 11.7 Å². The van der Waals surface area contributed by atoms with Crippen LogP contribution in [0.25, 0.3) is 0 Å². The third kappa shape index (κ3) is 4.57. The normalized spacial score (nSPS) is 14.0. The number of unbranched alkanes of at least 4 members (excludes halogenated alkanes) is 3. The van der Waals surface area contributed by atoms with Crippen LogP contribution in [0.1, 0.15) is 49.3 Å². The van der Waals surface area contributed by atoms with E-state index in [1.54, 1.807) is 12.4 Å². The van der Waals surface area contributed by atoms with Gasteiger partial charge in [-0.2, -0.15) is 0 Å². The van der Waals surface area contributed by atoms with E-state index in [-0.39, 0.29) is 0 Å². The Bertz CT molecular complexity index is 1010. The first-order valence-electron chi connectivity index (χ1n) is 10.2. The van der Waals surface area contributed by atoms with E-state index in [0.29, 0.717) is 11.7 Å². The van der Waals surface area contributed by atoms with Crippen LogP contribution in [0.5, 0.6) is 0 Å². The average Bonchev–Trinajstić information content (AvgIpc) is 3.10. The van der Waals surface area contributed by atoms with Gasteiger partial charge in [0.05, 0.1) is 0 Å². The summed E-state index contributed by atoms with van der Waals surface area (Å²) in [6, 6.07) is 17.9. The zero-order valence-electron chi connectivity index (χ0n) is 16.7. The average molecular weight is 383 g/mol. The van der Waals surface area contributed by atoms with Crippen molar-refractivity contribution >= 4 is 23.3 Å². The molecule has 5 heteroatoms. The number of hydrogen-bond acceptors (Lipinski definition) is 4. The van der Waals surface area contributed by atoms with Crippen molar-refractivity contribution in [2.45, 2.75) is 39.0 Å². The van der Waals surface area contributed by atoms with Gasteiger partial charge in [0.25, 0.3) is 0 Å². The Kier molecular flexibility index (Phi) is 6.05. The second kappa shape index (κ2) is 9.24. The van der Waals surface area contributed by atoms with Crippen molar-refractivity contribution in [3.63, 3.8) is 0 Å². The molecule has 0 aliphatic carbocycles. The second-order valence-corrected chi connectivity index (χ2v) is 7.07. The van der Waals surface area contributed by atoms with Crippen LogP contribution in [-0.2, 0) is 6.42 Å². The second-order valence-electron chi connectivity index (χ2n) is 7.07. The smallest absolute Gasteiger partial charge is 0.164 e. The number of aromatic nitrogens is 2. The third-order valence-electron chi connectivity index (χ3n) is 4.93. The third-order valence-corrected chi connectivity index (χ3v) is 4.93. The Morgan fingerprint density at radius 3 is 2.48 bits per heavy atom. The number of anilines is 1. The number of rotatable bonds is 7. The standard InChI is InChI=1S/C24H25N5/c1-2-3-4-5-11-18-12-10-13-19-22(18)24(28-21-15-7-9-17-26-21)29-23(19)27-20-14-6-8-16-25-20/h6-10,12-17H,2-5,11H2,1H3,(H,25,26,27,28,29). The fraction of sp³-hybridized carbons (Fsp3) is 0.250. The number of aryl methyl sites for hydroxylation is 1. The van der Waals surface area contributed by atoms with Crippen LogP contribution in [0, 0.1) is 0 Å². The van der Waals surface area contributed by atoms with Gasteiger partial charge < -0.3 is 5.32 Å². The molecule has 1 aliphatic rings. The van der Waals surface area contributed by atoms with Crippen LogP contribution in [0.2, 0.25) is 0 Å². The van der Waals surface area contributed by atoms with Gasteiger partial charge in [-0.25, -0.2) is 20.0 Å². The summed E-state index contributed by atoms with van der Waals surface area (Å²) in [7, 11) is 0. The fourth-order valence-electron chi connectivity index (χ4n) is 3.50. The molecule has 0 radical (unpaired) electrons. The molecule has 0 saturated heterocycles. The van der Waals surface area contributed by atoms with Crippen LogP contribution >= 0.6 is 0 Å². The SMILES string of the molecule is CCCCCCc1cccc2c1C(Nc1ccccn1)=N/C2=N\c1ccccn1. The van der Waals surface area contributed by atoms with Gasteiger partial charge in [-0.05, 0) is 42.7 Å². The van der Waals surface area contributed by atoms with Gasteiger partial charge in [-0.1, -0.05) is 56.5 Å². The van der Waals surface area contributed by atoms with Crippen molar-refractivity contribution in [3.8, 4) is 0 Å². The lowest BCUT2D eigenvalue weighted by Crippen LogP contribution is -2.14. The summed E-state index contributed by atoms with van der Waals surface area (Å²) in [5.41, 5.74) is 3.47. The maximum absolute atomic E-state index is 4.83. The molecular formula is C24H25N5. The molecule has 4 rings (SSSR count). The highest BCUT2D eigenvalue weighted by atomic mass is 15.1. The lowest BCUT2D eigenvalue weighted by molar-refractivity contribution is 0.666. The van der Waals surface area contributed by atoms with Crippen LogP contribution in [0.4, 0.5) is 11.6 Å². The molecule has 0 fully saturated rings. The van der Waals surface area contributed by atoms with Crippen LogP contribution in [0.3, 0.4) is 0 Å². The largest absolute Gasteiger partial charge is 0.324 e. The number of nitrogens with zero attached hydrogens (tertiary/aromatic N) is 4. The minimum Gasteiger partial charge on any atom is -0.324 e. The number of nitrogens with one attached hydrogen (secondary N) is 1. The van der Waals surface area contributed by atoms with E-state index in [0.717, 1.165) is 29.2 Å². The highest BCUT2D eigenvalue weighted by molar-refractivity contribution is 6.27. The molecule has 0 spiro atoms. The quantitative estimate of drug-likeness (QED) is 0.544. The summed E-state index contributed by atoms with van der Waals surface area (Å²) in [6.45, 7) is 2.24. The Balaban J connectivity index is 1.71. The van der Waals surface area contributed by atoms with Crippen molar-refractivity contribution < 1.29 is 0 Å². The molecule has 0 bridgehead atoms. The van der Waals surface area contributed by atoms with E-state index in [9.17, 15) is 0 Å². The zero-order chi connectivity index (χ0) is 19.9. The summed E-state index contributed by atoms with van der Waals surface area (Å²) in [5, 5.41) is 3.39. The van der Waals surface area contributed by atoms with Gasteiger partial charge >= 0.3 is 0 Å². The van der Waals surface area contributed by atoms with Gasteiger partial charge in [0, 0.05) is 23.5 Å². The molecule has 5 nitrogen and oxygen atoms in total. The molecule has 29 heavy (non-hydrogen) atoms. The molecule has 1 aliphatic heterocycles. The molecular weight excluding hydrogens is 358 g/mol. The van der Waals surface area contributed by atoms with Gasteiger partial charge in [0.1, 0.15) is 11.7 Å². The molecule has 1 N–H and O–H groups in total. The van der Waals surface area contributed by atoms with Crippen molar-refractivity contribution in [1.82, 2.24) is 9.97 Å². The Morgan fingerprint density at radius 2 is 1.72 bits per heavy atom. The Hall–Kier alpha value is -3.34. The summed E-state index contributed by atoms with van der Waals surface area (Å²) in [5.74, 6) is 2.92. The maximum atomic E-state index is 4.83. The first-order chi connectivity index (χ1) is 14.3. The van der Waals surface area contributed by atoms with E-state index >= 15 is 0 Å². The molecule has 3 heterocycles. The molecule has 146 valence electrons. The van der Waals surface area contributed by atoms with Crippen molar-refractivity contribution in [1.29, 1.82) is 0 Å². The van der Waals surface area contributed by atoms with Crippen molar-refractivity contribution in [2.75, 3.05) is 5.32 Å². The summed E-state index contributed by atoms with van der Waals surface area (Å²) in [6.07, 6.45) is 9.48. The van der Waals surface area contributed by atoms with E-state index in [1.807, 2.05) is 36.4 Å². The predicted octanol–water partition coefficient (Wildman–Crippen LogP) is 5.55. The first kappa shape index (κ1) is 19.0. The van der Waals surface area contributed by atoms with E-state index in [4.69, 9.17) is 9.98 Å². The number of hydrogen-bond donors (Lipinski definition) is 1. The number of fused-ring (bicyclic) bond motifs is 1. The Labute approximate surface area is 171 Å². The number of amidine groups is 2. The topological polar surface area (TPSA) is 62.5 Å². The van der Waals surface area contributed by atoms with E-state index in [2.05, 4.69) is 40.4 Å². The van der Waals surface area contributed by atoms with Crippen molar-refractivity contribution in [2.24, 2.45) is 9.98 Å². The van der Waals surface area contributed by atoms with Crippen molar-refractivity contribution in [3.05, 3.63) is 83.7 Å². The molecule has 1 aromatic carbocycles. The monoisotopic (exact) mass is 383 g/mol. The molecule has 0 amide bonds. The predicted molar refractivity (Wildman–Crippen MR) is 119 cm³/mol. The lowest BCUT2D eigenvalue weighted by Gasteiger charge is -2.11. The maximum Gasteiger partial charge on any atom is 0.164 e. The Morgan fingerprint density at radius 1 is 0.862 bits per heavy atom. The van der Waals surface area contributed by atoms with Crippen LogP contribution in [0.15, 0.2) is 77.0 Å². The highest BCUT2D eigenvalue weighted by Crippen LogP contribution is 2.27. The molecule has 0 unspecified atom stereocenters. The van der Waals surface area contributed by atoms with E-state index in [1.165, 1.54) is 31.2 Å². The number of benzene rings is 1. The minimum atomic E-state index is 0.657. The number of aliphatic imine (C=N–C) groups is 2. The lowest BCUT2D eigenvalue weighted by atomic mass is 9.96. The zero-order valence-corrected chi connectivity index (χ0v) is 16.7. The summed E-state index contributed by atoms with van der Waals surface area (Å²) < 4.78 is 0. The minimum absolute atomic E-state index is 0.657. The highest BCUT2D eigenvalue weighted by Gasteiger charge is 2.25. The van der Waals surface area contributed by atoms with Gasteiger partial charge in [-0.15, -0.1) is 0 Å². The molecule has 0 saturated carbocycles. The molecule has 2 aromatic heterocycles. The molecule has 0 atom stereocenters. The van der Waals surface area contributed by atoms with Crippen LogP contribution in [-0.4, -0.2) is 21.6 Å². The van der Waals surface area contributed by atoms with E-state index < -0.39 is 0 Å². The van der Waals surface area contributed by atoms with Gasteiger partial charge in [-0.3, -0.25) is 0 Å². The summed E-state index contributed by atoms with van der Waals surface area (Å²) >= 11 is 0. The molecule has 3 aromatic rings. The summed E-state index contributed by atoms with van der Waals surface area (Å²) in [4.78, 5) is 18.3. The number of pyridine rings is 2. The first-order valence-corrected chi connectivity index (χ1v) is 10.2.